The summed E-state index contributed by atoms with van der Waals surface area (Å²) in [6.45, 7) is 12.3. The van der Waals surface area contributed by atoms with Crippen molar-refractivity contribution >= 4 is 20.1 Å². The van der Waals surface area contributed by atoms with Gasteiger partial charge in [-0.25, -0.2) is 4.79 Å². The van der Waals surface area contributed by atoms with Gasteiger partial charge < -0.3 is 25.0 Å². The normalized spacial score (nSPS) is 26.6. The van der Waals surface area contributed by atoms with Crippen molar-refractivity contribution in [2.75, 3.05) is 5.73 Å². The third-order valence-electron chi connectivity index (χ3n) is 6.85. The van der Waals surface area contributed by atoms with Gasteiger partial charge in [-0.15, -0.1) is 0 Å². The summed E-state index contributed by atoms with van der Waals surface area (Å²) >= 11 is 0. The molecular weight excluding hydrogens is 422 g/mol. The average Bonchev–Trinajstić information content (AvgIpc) is 3.57. The fraction of sp³-hybridized carbons (Fsp3) is 0.750. The van der Waals surface area contributed by atoms with Gasteiger partial charge in [-0.1, -0.05) is 20.8 Å². The van der Waals surface area contributed by atoms with Crippen molar-refractivity contribution in [2.24, 2.45) is 5.92 Å². The molecule has 0 radical (unpaired) electrons. The first-order valence-electron chi connectivity index (χ1n) is 12.1. The highest BCUT2D eigenvalue weighted by atomic mass is 28.4. The van der Waals surface area contributed by atoms with E-state index < -0.39 is 20.0 Å². The Morgan fingerprint density at radius 1 is 1.25 bits per heavy atom. The van der Waals surface area contributed by atoms with E-state index in [1.807, 2.05) is 26.8 Å². The molecule has 1 aliphatic heterocycles. The number of aromatic nitrogens is 1. The van der Waals surface area contributed by atoms with E-state index in [9.17, 15) is 4.79 Å². The predicted molar refractivity (Wildman–Crippen MR) is 129 cm³/mol. The second-order valence-corrected chi connectivity index (χ2v) is 15.0. The van der Waals surface area contributed by atoms with Crippen molar-refractivity contribution < 1.29 is 18.7 Å². The first-order chi connectivity index (χ1) is 15.1. The SMILES string of the molecule is CC[Si](CC)(CC)O[C@@H]1[C@@H](NC(=O)OC(C)(C)C)C[C@@H](c2ccncc2N)O[C@H]1C1CC1. The molecule has 3 N–H and O–H groups in total. The maximum absolute atomic E-state index is 12.8. The second kappa shape index (κ2) is 10.1. The van der Waals surface area contributed by atoms with Crippen LogP contribution in [0.1, 0.15) is 72.5 Å². The number of carbonyl (C=O) groups excluding carboxylic acids is 1. The molecule has 1 aromatic heterocycles. The van der Waals surface area contributed by atoms with E-state index in [-0.39, 0.29) is 24.4 Å². The molecule has 0 spiro atoms. The number of ether oxygens (including phenoxy) is 2. The lowest BCUT2D eigenvalue weighted by Crippen LogP contribution is -2.59. The van der Waals surface area contributed by atoms with Crippen LogP contribution in [0.2, 0.25) is 18.1 Å². The summed E-state index contributed by atoms with van der Waals surface area (Å²) in [4.78, 5) is 16.9. The van der Waals surface area contributed by atoms with Crippen molar-refractivity contribution in [3.63, 3.8) is 0 Å². The Kier molecular flexibility index (Phi) is 7.88. The van der Waals surface area contributed by atoms with Crippen LogP contribution in [-0.4, -0.2) is 43.2 Å². The molecule has 0 unspecified atom stereocenters. The fourth-order valence-electron chi connectivity index (χ4n) is 4.67. The van der Waals surface area contributed by atoms with Crippen molar-refractivity contribution in [3.8, 4) is 0 Å². The van der Waals surface area contributed by atoms with E-state index in [0.29, 0.717) is 18.0 Å². The second-order valence-electron chi connectivity index (χ2n) is 10.2. The zero-order chi connectivity index (χ0) is 23.5. The summed E-state index contributed by atoms with van der Waals surface area (Å²) < 4.78 is 19.3. The third kappa shape index (κ3) is 6.02. The lowest BCUT2D eigenvalue weighted by molar-refractivity contribution is -0.136. The van der Waals surface area contributed by atoms with Gasteiger partial charge >= 0.3 is 6.09 Å². The van der Waals surface area contributed by atoms with Gasteiger partial charge in [0.2, 0.25) is 0 Å². The van der Waals surface area contributed by atoms with Gasteiger partial charge in [0.25, 0.3) is 0 Å². The van der Waals surface area contributed by atoms with Gasteiger partial charge in [-0.05, 0) is 63.7 Å². The highest BCUT2D eigenvalue weighted by Crippen LogP contribution is 2.46. The Hall–Kier alpha value is -1.64. The topological polar surface area (TPSA) is 95.7 Å². The number of rotatable bonds is 8. The van der Waals surface area contributed by atoms with E-state index in [4.69, 9.17) is 19.6 Å². The van der Waals surface area contributed by atoms with Crippen LogP contribution in [-0.2, 0) is 13.9 Å². The molecule has 1 saturated carbocycles. The van der Waals surface area contributed by atoms with Crippen LogP contribution in [0.25, 0.3) is 0 Å². The van der Waals surface area contributed by atoms with Crippen molar-refractivity contribution in [2.45, 2.75) is 109 Å². The molecule has 32 heavy (non-hydrogen) atoms. The molecule has 3 rings (SSSR count). The maximum Gasteiger partial charge on any atom is 0.407 e. The predicted octanol–water partition coefficient (Wildman–Crippen LogP) is 5.19. The molecule has 2 fully saturated rings. The minimum absolute atomic E-state index is 0.0715. The number of amides is 1. The van der Waals surface area contributed by atoms with E-state index in [1.54, 1.807) is 12.4 Å². The quantitative estimate of drug-likeness (QED) is 0.515. The lowest BCUT2D eigenvalue weighted by atomic mass is 9.90. The van der Waals surface area contributed by atoms with Crippen LogP contribution < -0.4 is 11.1 Å². The summed E-state index contributed by atoms with van der Waals surface area (Å²) in [6, 6.07) is 4.85. The number of alkyl carbamates (subject to hydrolysis) is 1. The number of carbonyl (C=O) groups is 1. The van der Waals surface area contributed by atoms with Crippen molar-refractivity contribution in [1.82, 2.24) is 10.3 Å². The summed E-state index contributed by atoms with van der Waals surface area (Å²) in [6.07, 6.45) is 5.36. The van der Waals surface area contributed by atoms with Gasteiger partial charge in [-0.2, -0.15) is 0 Å². The van der Waals surface area contributed by atoms with Gasteiger partial charge in [0.05, 0.1) is 36.2 Å². The van der Waals surface area contributed by atoms with Crippen molar-refractivity contribution in [3.05, 3.63) is 24.0 Å². The van der Waals surface area contributed by atoms with E-state index in [1.165, 1.54) is 0 Å². The molecule has 1 aliphatic carbocycles. The largest absolute Gasteiger partial charge is 0.444 e. The van der Waals surface area contributed by atoms with Gasteiger partial charge in [-0.3, -0.25) is 4.98 Å². The number of nitrogen functional groups attached to an aromatic ring is 1. The van der Waals surface area contributed by atoms with Crippen molar-refractivity contribution in [1.29, 1.82) is 0 Å². The van der Waals surface area contributed by atoms with E-state index in [2.05, 4.69) is 31.1 Å². The molecule has 1 saturated heterocycles. The molecular formula is C24H41N3O4Si. The third-order valence-corrected chi connectivity index (χ3v) is 11.5. The smallest absolute Gasteiger partial charge is 0.407 e. The summed E-state index contributed by atoms with van der Waals surface area (Å²) in [5.41, 5.74) is 7.21. The Morgan fingerprint density at radius 2 is 1.91 bits per heavy atom. The van der Waals surface area contributed by atoms with Crippen LogP contribution >= 0.6 is 0 Å². The number of nitrogens with one attached hydrogen (secondary N) is 1. The average molecular weight is 464 g/mol. The minimum atomic E-state index is -1.92. The molecule has 1 aromatic rings. The number of anilines is 1. The summed E-state index contributed by atoms with van der Waals surface area (Å²) in [7, 11) is -1.92. The lowest BCUT2D eigenvalue weighted by Gasteiger charge is -2.46. The van der Waals surface area contributed by atoms with Gasteiger partial charge in [0.1, 0.15) is 5.60 Å². The first-order valence-corrected chi connectivity index (χ1v) is 14.7. The Labute approximate surface area is 193 Å². The molecule has 4 atom stereocenters. The summed E-state index contributed by atoms with van der Waals surface area (Å²) in [5.74, 6) is 0.450. The van der Waals surface area contributed by atoms with Crippen LogP contribution in [0, 0.1) is 5.92 Å². The Morgan fingerprint density at radius 3 is 2.44 bits per heavy atom. The molecule has 8 heteroatoms. The van der Waals surface area contributed by atoms with Crippen LogP contribution in [0.3, 0.4) is 0 Å². The van der Waals surface area contributed by atoms with Crippen LogP contribution in [0.5, 0.6) is 0 Å². The van der Waals surface area contributed by atoms with Crippen LogP contribution in [0.15, 0.2) is 18.5 Å². The molecule has 2 aliphatic rings. The van der Waals surface area contributed by atoms with E-state index >= 15 is 0 Å². The molecule has 0 bridgehead atoms. The Balaban J connectivity index is 1.92. The zero-order valence-corrected chi connectivity index (χ0v) is 21.5. The maximum atomic E-state index is 12.8. The highest BCUT2D eigenvalue weighted by Gasteiger charge is 2.50. The van der Waals surface area contributed by atoms with Crippen LogP contribution in [0.4, 0.5) is 10.5 Å². The molecule has 1 amide bonds. The number of nitrogens with zero attached hydrogens (tertiary/aromatic N) is 1. The summed E-state index contributed by atoms with van der Waals surface area (Å²) in [5, 5.41) is 3.15. The number of nitrogens with two attached hydrogens (primary N) is 1. The number of hydrogen-bond acceptors (Lipinski definition) is 6. The number of pyridine rings is 1. The van der Waals surface area contributed by atoms with Gasteiger partial charge in [0.15, 0.2) is 8.32 Å². The Bertz CT molecular complexity index is 768. The standard InChI is InChI=1S/C24H41N3O4Si/c1-7-32(8-2,9-3)31-22-19(27-23(28)30-24(4,5)6)14-20(29-21(22)16-10-11-16)17-12-13-26-15-18(17)25/h12-13,15-16,19-22H,7-11,14,25H2,1-6H3,(H,27,28)/t19-,20-,21-,22+/m0/s1. The number of hydrogen-bond donors (Lipinski definition) is 2. The van der Waals surface area contributed by atoms with E-state index in [0.717, 1.165) is 36.5 Å². The first kappa shape index (κ1) is 25.0. The highest BCUT2D eigenvalue weighted by molar-refractivity contribution is 6.73. The molecule has 2 heterocycles. The monoisotopic (exact) mass is 463 g/mol. The molecule has 7 nitrogen and oxygen atoms in total. The fourth-order valence-corrected chi connectivity index (χ4v) is 7.55. The van der Waals surface area contributed by atoms with Gasteiger partial charge in [0, 0.05) is 18.2 Å². The molecule has 0 aromatic carbocycles. The minimum Gasteiger partial charge on any atom is -0.444 e. The molecule has 180 valence electrons. The zero-order valence-electron chi connectivity index (χ0n) is 20.5.